The number of amides is 1. The van der Waals surface area contributed by atoms with Crippen molar-refractivity contribution in [3.63, 3.8) is 0 Å². The SMILES string of the molecule is O=C1CC(S)CN1c1ccc(C(F)(F)F)cc1F. The number of carbonyl (C=O) groups excluding carboxylic acids is 1. The lowest BCUT2D eigenvalue weighted by Gasteiger charge is -2.18. The van der Waals surface area contributed by atoms with Crippen molar-refractivity contribution < 1.29 is 22.4 Å². The maximum Gasteiger partial charge on any atom is 0.416 e. The van der Waals surface area contributed by atoms with Crippen molar-refractivity contribution in [3.05, 3.63) is 29.6 Å². The molecule has 1 saturated heterocycles. The number of hydrogen-bond donors (Lipinski definition) is 1. The van der Waals surface area contributed by atoms with Crippen molar-refractivity contribution in [2.24, 2.45) is 0 Å². The van der Waals surface area contributed by atoms with Gasteiger partial charge < -0.3 is 4.90 Å². The Morgan fingerprint density at radius 3 is 2.44 bits per heavy atom. The second kappa shape index (κ2) is 4.46. The molecule has 1 aliphatic heterocycles. The average molecular weight is 279 g/mol. The molecular formula is C11H9F4NOS. The van der Waals surface area contributed by atoms with E-state index in [2.05, 4.69) is 12.6 Å². The summed E-state index contributed by atoms with van der Waals surface area (Å²) < 4.78 is 50.7. The third-order valence-electron chi connectivity index (χ3n) is 2.67. The van der Waals surface area contributed by atoms with Gasteiger partial charge in [-0.1, -0.05) is 0 Å². The molecule has 18 heavy (non-hydrogen) atoms. The topological polar surface area (TPSA) is 20.3 Å². The first-order chi connectivity index (χ1) is 8.29. The molecule has 0 spiro atoms. The highest BCUT2D eigenvalue weighted by Gasteiger charge is 2.34. The lowest BCUT2D eigenvalue weighted by molar-refractivity contribution is -0.137. The van der Waals surface area contributed by atoms with Gasteiger partial charge in [0.25, 0.3) is 0 Å². The summed E-state index contributed by atoms with van der Waals surface area (Å²) in [5, 5.41) is -0.223. The fraction of sp³-hybridized carbons (Fsp3) is 0.364. The predicted octanol–water partition coefficient (Wildman–Crippen LogP) is 2.88. The van der Waals surface area contributed by atoms with E-state index in [1.807, 2.05) is 0 Å². The van der Waals surface area contributed by atoms with E-state index in [1.165, 1.54) is 0 Å². The minimum Gasteiger partial charge on any atom is -0.309 e. The van der Waals surface area contributed by atoms with Gasteiger partial charge in [-0.05, 0) is 18.2 Å². The molecule has 2 nitrogen and oxygen atoms in total. The van der Waals surface area contributed by atoms with Crippen molar-refractivity contribution in [2.45, 2.75) is 17.8 Å². The van der Waals surface area contributed by atoms with Crippen LogP contribution in [0, 0.1) is 5.82 Å². The molecule has 1 amide bonds. The van der Waals surface area contributed by atoms with Crippen molar-refractivity contribution >= 4 is 24.2 Å². The largest absolute Gasteiger partial charge is 0.416 e. The first-order valence-corrected chi connectivity index (χ1v) is 5.66. The molecule has 0 aliphatic carbocycles. The Morgan fingerprint density at radius 2 is 2.00 bits per heavy atom. The molecule has 0 radical (unpaired) electrons. The highest BCUT2D eigenvalue weighted by molar-refractivity contribution is 7.81. The monoisotopic (exact) mass is 279 g/mol. The van der Waals surface area contributed by atoms with E-state index >= 15 is 0 Å². The Labute approximate surface area is 106 Å². The molecule has 98 valence electrons. The molecule has 1 aliphatic rings. The third kappa shape index (κ3) is 2.45. The normalized spacial score (nSPS) is 20.6. The Hall–Kier alpha value is -1.24. The number of thiol groups is 1. The highest BCUT2D eigenvalue weighted by atomic mass is 32.1. The van der Waals surface area contributed by atoms with Crippen LogP contribution in [0.25, 0.3) is 0 Å². The number of anilines is 1. The van der Waals surface area contributed by atoms with Crippen molar-refractivity contribution in [1.82, 2.24) is 0 Å². The van der Waals surface area contributed by atoms with Gasteiger partial charge in [0.2, 0.25) is 5.91 Å². The second-order valence-corrected chi connectivity index (χ2v) is 4.76. The summed E-state index contributed by atoms with van der Waals surface area (Å²) in [5.41, 5.74) is -1.21. The van der Waals surface area contributed by atoms with E-state index in [-0.39, 0.29) is 29.8 Å². The average Bonchev–Trinajstić information content (AvgIpc) is 2.56. The van der Waals surface area contributed by atoms with Crippen LogP contribution in [0.2, 0.25) is 0 Å². The van der Waals surface area contributed by atoms with Crippen LogP contribution in [0.5, 0.6) is 0 Å². The van der Waals surface area contributed by atoms with Crippen LogP contribution < -0.4 is 4.90 Å². The number of alkyl halides is 3. The van der Waals surface area contributed by atoms with Gasteiger partial charge in [-0.3, -0.25) is 4.79 Å². The second-order valence-electron chi connectivity index (χ2n) is 4.03. The molecule has 0 N–H and O–H groups in total. The number of hydrogen-bond acceptors (Lipinski definition) is 2. The quantitative estimate of drug-likeness (QED) is 0.619. The van der Waals surface area contributed by atoms with Crippen LogP contribution in [0.15, 0.2) is 18.2 Å². The van der Waals surface area contributed by atoms with E-state index in [4.69, 9.17) is 0 Å². The predicted molar refractivity (Wildman–Crippen MR) is 61.1 cm³/mol. The van der Waals surface area contributed by atoms with Crippen LogP contribution in [-0.4, -0.2) is 17.7 Å². The number of benzene rings is 1. The molecule has 0 aromatic heterocycles. The fourth-order valence-corrected chi connectivity index (χ4v) is 2.14. The zero-order valence-electron chi connectivity index (χ0n) is 9.04. The Balaban J connectivity index is 2.34. The Kier molecular flexibility index (Phi) is 3.27. The van der Waals surface area contributed by atoms with E-state index in [0.29, 0.717) is 6.07 Å². The molecule has 0 saturated carbocycles. The standard InChI is InChI=1S/C11H9F4NOS/c12-8-3-6(11(13,14)15)1-2-9(8)16-5-7(18)4-10(16)17/h1-3,7,18H,4-5H2. The van der Waals surface area contributed by atoms with E-state index in [0.717, 1.165) is 17.0 Å². The van der Waals surface area contributed by atoms with E-state index in [1.54, 1.807) is 0 Å². The van der Waals surface area contributed by atoms with Gasteiger partial charge in [0.1, 0.15) is 5.82 Å². The molecule has 1 aromatic carbocycles. The maximum absolute atomic E-state index is 13.6. The van der Waals surface area contributed by atoms with E-state index in [9.17, 15) is 22.4 Å². The molecule has 0 bridgehead atoms. The Morgan fingerprint density at radius 1 is 1.33 bits per heavy atom. The minimum absolute atomic E-state index is 0.135. The van der Waals surface area contributed by atoms with Crippen LogP contribution >= 0.6 is 12.6 Å². The first kappa shape index (κ1) is 13.2. The summed E-state index contributed by atoms with van der Waals surface area (Å²) in [6.07, 6.45) is -4.44. The molecule has 1 unspecified atom stereocenters. The smallest absolute Gasteiger partial charge is 0.309 e. The summed E-state index contributed by atoms with van der Waals surface area (Å²) >= 11 is 4.10. The van der Waals surface area contributed by atoms with Gasteiger partial charge in [0.15, 0.2) is 0 Å². The van der Waals surface area contributed by atoms with Gasteiger partial charge in [0, 0.05) is 18.2 Å². The summed E-state index contributed by atoms with van der Waals surface area (Å²) in [5.74, 6) is -1.39. The zero-order valence-corrected chi connectivity index (χ0v) is 9.93. The lowest BCUT2D eigenvalue weighted by atomic mass is 10.2. The first-order valence-electron chi connectivity index (χ1n) is 5.14. The van der Waals surface area contributed by atoms with Crippen LogP contribution in [0.3, 0.4) is 0 Å². The van der Waals surface area contributed by atoms with Gasteiger partial charge in [-0.25, -0.2) is 4.39 Å². The number of rotatable bonds is 1. The number of carbonyl (C=O) groups is 1. The number of halogens is 4. The van der Waals surface area contributed by atoms with Crippen LogP contribution in [0.1, 0.15) is 12.0 Å². The molecular weight excluding hydrogens is 270 g/mol. The zero-order chi connectivity index (χ0) is 13.5. The molecule has 2 rings (SSSR count). The van der Waals surface area contributed by atoms with E-state index < -0.39 is 17.6 Å². The van der Waals surface area contributed by atoms with Gasteiger partial charge in [-0.15, -0.1) is 0 Å². The molecule has 1 heterocycles. The summed E-state index contributed by atoms with van der Waals surface area (Å²) in [6, 6.07) is 2.13. The minimum atomic E-state index is -4.60. The summed E-state index contributed by atoms with van der Waals surface area (Å²) in [4.78, 5) is 12.6. The van der Waals surface area contributed by atoms with Crippen molar-refractivity contribution in [3.8, 4) is 0 Å². The molecule has 1 atom stereocenters. The van der Waals surface area contributed by atoms with Crippen LogP contribution in [0.4, 0.5) is 23.2 Å². The molecule has 7 heteroatoms. The summed E-state index contributed by atoms with van der Waals surface area (Å²) in [7, 11) is 0. The van der Waals surface area contributed by atoms with Gasteiger partial charge >= 0.3 is 6.18 Å². The third-order valence-corrected chi connectivity index (χ3v) is 3.02. The molecule has 1 fully saturated rings. The van der Waals surface area contributed by atoms with Gasteiger partial charge in [-0.2, -0.15) is 25.8 Å². The maximum atomic E-state index is 13.6. The van der Waals surface area contributed by atoms with Crippen molar-refractivity contribution in [1.29, 1.82) is 0 Å². The highest BCUT2D eigenvalue weighted by Crippen LogP contribution is 2.33. The number of nitrogens with zero attached hydrogens (tertiary/aromatic N) is 1. The van der Waals surface area contributed by atoms with Crippen molar-refractivity contribution in [2.75, 3.05) is 11.4 Å². The van der Waals surface area contributed by atoms with Gasteiger partial charge in [0.05, 0.1) is 11.3 Å². The fourth-order valence-electron chi connectivity index (χ4n) is 1.82. The lowest BCUT2D eigenvalue weighted by Crippen LogP contribution is -2.25. The van der Waals surface area contributed by atoms with Crippen LogP contribution in [-0.2, 0) is 11.0 Å². The Bertz CT molecular complexity index is 488. The summed E-state index contributed by atoms with van der Waals surface area (Å²) in [6.45, 7) is 0.199. The molecule has 1 aromatic rings.